The fourth-order valence-electron chi connectivity index (χ4n) is 1.95. The first kappa shape index (κ1) is 19.5. The topological polar surface area (TPSA) is 55.8 Å². The van der Waals surface area contributed by atoms with Gasteiger partial charge in [0.25, 0.3) is 0 Å². The molecule has 2 unspecified atom stereocenters. The van der Waals surface area contributed by atoms with Crippen molar-refractivity contribution in [1.29, 1.82) is 0 Å². The highest BCUT2D eigenvalue weighted by Crippen LogP contribution is 2.21. The molecular weight excluding hydrogens is 272 g/mol. The van der Waals surface area contributed by atoms with Gasteiger partial charge >= 0.3 is 8.56 Å². The molecule has 0 fully saturated rings. The highest BCUT2D eigenvalue weighted by atomic mass is 28.4. The summed E-state index contributed by atoms with van der Waals surface area (Å²) < 4.78 is 12.0. The Hall–Kier alpha value is -0.493. The van der Waals surface area contributed by atoms with Crippen LogP contribution in [0.1, 0.15) is 46.0 Å². The second-order valence-electron chi connectivity index (χ2n) is 5.16. The number of hydrogen-bond donors (Lipinski definition) is 1. The third kappa shape index (κ3) is 7.94. The van der Waals surface area contributed by atoms with E-state index in [2.05, 4.69) is 13.5 Å². The van der Waals surface area contributed by atoms with E-state index in [1.165, 1.54) is 6.08 Å². The molecule has 5 heteroatoms. The zero-order valence-electron chi connectivity index (χ0n) is 13.2. The monoisotopic (exact) mass is 302 g/mol. The first-order valence-electron chi connectivity index (χ1n) is 7.61. The van der Waals surface area contributed by atoms with E-state index >= 15 is 0 Å². The molecule has 0 spiro atoms. The number of rotatable bonds is 13. The van der Waals surface area contributed by atoms with Crippen molar-refractivity contribution in [3.8, 4) is 0 Å². The maximum Gasteiger partial charge on any atom is 0.335 e. The lowest BCUT2D eigenvalue weighted by molar-refractivity contribution is -0.122. The Morgan fingerprint density at radius 2 is 2.05 bits per heavy atom. The minimum absolute atomic E-state index is 0.0753. The summed E-state index contributed by atoms with van der Waals surface area (Å²) in [5, 5.41) is 9.02. The predicted octanol–water partition coefficient (Wildman–Crippen LogP) is 3.20. The Labute approximate surface area is 124 Å². The van der Waals surface area contributed by atoms with Gasteiger partial charge in [-0.15, -0.1) is 0 Å². The lowest BCUT2D eigenvalue weighted by Gasteiger charge is -2.31. The van der Waals surface area contributed by atoms with E-state index in [9.17, 15) is 4.79 Å². The molecule has 2 atom stereocenters. The summed E-state index contributed by atoms with van der Waals surface area (Å²) in [6.07, 6.45) is 5.14. The highest BCUT2D eigenvalue weighted by molar-refractivity contribution is 6.66. The fraction of sp³-hybridized carbons (Fsp3) is 0.800. The van der Waals surface area contributed by atoms with Crippen LogP contribution in [0.25, 0.3) is 0 Å². The minimum Gasteiger partial charge on any atom is -0.396 e. The molecule has 0 rings (SSSR count). The summed E-state index contributed by atoms with van der Waals surface area (Å²) in [5.74, 6) is -0.0753. The first-order chi connectivity index (χ1) is 9.52. The number of carbonyl (C=O) groups excluding carboxylic acids is 1. The molecule has 0 aromatic rings. The van der Waals surface area contributed by atoms with Crippen molar-refractivity contribution in [3.05, 3.63) is 12.7 Å². The van der Waals surface area contributed by atoms with Gasteiger partial charge in [-0.1, -0.05) is 33.3 Å². The number of carbonyl (C=O) groups is 1. The molecule has 4 nitrogen and oxygen atoms in total. The number of unbranched alkanes of at least 4 members (excludes halogenated alkanes) is 1. The molecule has 0 aromatic carbocycles. The Bertz CT molecular complexity index is 283. The van der Waals surface area contributed by atoms with Crippen LogP contribution in [-0.4, -0.2) is 38.8 Å². The van der Waals surface area contributed by atoms with E-state index in [1.807, 2.05) is 13.5 Å². The van der Waals surface area contributed by atoms with Gasteiger partial charge in [0.05, 0.1) is 0 Å². The second kappa shape index (κ2) is 11.2. The summed E-state index contributed by atoms with van der Waals surface area (Å²) >= 11 is 0. The maximum absolute atomic E-state index is 11.9. The Balaban J connectivity index is 4.70. The highest BCUT2D eigenvalue weighted by Gasteiger charge is 2.35. The lowest BCUT2D eigenvalue weighted by Crippen LogP contribution is -2.44. The zero-order valence-corrected chi connectivity index (χ0v) is 14.2. The van der Waals surface area contributed by atoms with Gasteiger partial charge in [0, 0.05) is 13.2 Å². The molecule has 0 aliphatic heterocycles. The average Bonchev–Trinajstić information content (AvgIpc) is 2.44. The Morgan fingerprint density at radius 1 is 1.35 bits per heavy atom. The molecule has 0 amide bonds. The molecule has 20 heavy (non-hydrogen) atoms. The smallest absolute Gasteiger partial charge is 0.335 e. The van der Waals surface area contributed by atoms with E-state index in [4.69, 9.17) is 14.0 Å². The van der Waals surface area contributed by atoms with Crippen LogP contribution in [0.5, 0.6) is 0 Å². The molecular formula is C15H30O4Si. The summed E-state index contributed by atoms with van der Waals surface area (Å²) in [6.45, 7) is 10.4. The molecule has 0 aromatic heterocycles. The van der Waals surface area contributed by atoms with E-state index in [1.54, 1.807) is 0 Å². The number of hydrogen-bond acceptors (Lipinski definition) is 4. The van der Waals surface area contributed by atoms with E-state index < -0.39 is 14.7 Å². The lowest BCUT2D eigenvalue weighted by atomic mass is 10.1. The van der Waals surface area contributed by atoms with Crippen molar-refractivity contribution >= 4 is 14.3 Å². The SMILES string of the molecule is C=CC(=O)C(CCC)O[Si](C)(CCCO)OCCCC. The zero-order chi connectivity index (χ0) is 15.4. The van der Waals surface area contributed by atoms with Gasteiger partial charge in [-0.3, -0.25) is 4.79 Å². The van der Waals surface area contributed by atoms with Crippen molar-refractivity contribution in [2.75, 3.05) is 13.2 Å². The molecule has 0 saturated carbocycles. The molecule has 0 aliphatic carbocycles. The number of ketones is 1. The maximum atomic E-state index is 11.9. The molecule has 0 heterocycles. The van der Waals surface area contributed by atoms with Crippen molar-refractivity contribution in [1.82, 2.24) is 0 Å². The van der Waals surface area contributed by atoms with Gasteiger partial charge in [-0.05, 0) is 37.9 Å². The molecule has 0 aliphatic rings. The third-order valence-corrected chi connectivity index (χ3v) is 6.01. The van der Waals surface area contributed by atoms with Crippen LogP contribution < -0.4 is 0 Å². The molecule has 0 radical (unpaired) electrons. The predicted molar refractivity (Wildman–Crippen MR) is 84.0 cm³/mol. The number of aliphatic hydroxyl groups is 1. The standard InChI is InChI=1S/C15H30O4Si/c1-5-8-12-18-20(4,13-9-11-16)19-15(10-6-2)14(17)7-3/h7,15-16H,3,5-6,8-13H2,1-2,4H3. The van der Waals surface area contributed by atoms with Crippen molar-refractivity contribution < 1.29 is 18.8 Å². The summed E-state index contributed by atoms with van der Waals surface area (Å²) in [4.78, 5) is 11.9. The Morgan fingerprint density at radius 3 is 2.55 bits per heavy atom. The van der Waals surface area contributed by atoms with Gasteiger partial charge in [-0.2, -0.15) is 0 Å². The average molecular weight is 302 g/mol. The van der Waals surface area contributed by atoms with E-state index in [-0.39, 0.29) is 12.4 Å². The molecule has 1 N–H and O–H groups in total. The summed E-state index contributed by atoms with van der Waals surface area (Å²) in [6, 6.07) is 0.706. The van der Waals surface area contributed by atoms with Crippen LogP contribution in [0.2, 0.25) is 12.6 Å². The van der Waals surface area contributed by atoms with Gasteiger partial charge in [0.15, 0.2) is 5.78 Å². The molecule has 0 bridgehead atoms. The van der Waals surface area contributed by atoms with Gasteiger partial charge in [0.2, 0.25) is 0 Å². The van der Waals surface area contributed by atoms with E-state index in [0.29, 0.717) is 25.5 Å². The van der Waals surface area contributed by atoms with Crippen molar-refractivity contribution in [3.63, 3.8) is 0 Å². The number of aliphatic hydroxyl groups excluding tert-OH is 1. The van der Waals surface area contributed by atoms with Crippen LogP contribution in [-0.2, 0) is 13.6 Å². The van der Waals surface area contributed by atoms with Crippen LogP contribution in [0, 0.1) is 0 Å². The fourth-order valence-corrected chi connectivity index (χ4v) is 4.49. The normalized spacial score (nSPS) is 15.6. The van der Waals surface area contributed by atoms with Crippen LogP contribution in [0.3, 0.4) is 0 Å². The van der Waals surface area contributed by atoms with Gasteiger partial charge in [0.1, 0.15) is 6.10 Å². The Kier molecular flexibility index (Phi) is 10.9. The van der Waals surface area contributed by atoms with Crippen molar-refractivity contribution in [2.24, 2.45) is 0 Å². The minimum atomic E-state index is -2.42. The van der Waals surface area contributed by atoms with Crippen molar-refractivity contribution in [2.45, 2.75) is 64.6 Å². The van der Waals surface area contributed by atoms with E-state index in [0.717, 1.165) is 19.3 Å². The quantitative estimate of drug-likeness (QED) is 0.322. The summed E-state index contributed by atoms with van der Waals surface area (Å²) in [5.41, 5.74) is 0. The van der Waals surface area contributed by atoms with Crippen LogP contribution >= 0.6 is 0 Å². The third-order valence-electron chi connectivity index (χ3n) is 3.16. The largest absolute Gasteiger partial charge is 0.396 e. The molecule has 118 valence electrons. The van der Waals surface area contributed by atoms with Crippen LogP contribution in [0.4, 0.5) is 0 Å². The first-order valence-corrected chi connectivity index (χ1v) is 10.1. The van der Waals surface area contributed by atoms with Gasteiger partial charge < -0.3 is 14.0 Å². The van der Waals surface area contributed by atoms with Crippen LogP contribution in [0.15, 0.2) is 12.7 Å². The second-order valence-corrected chi connectivity index (χ2v) is 8.46. The van der Waals surface area contributed by atoms with Gasteiger partial charge in [-0.25, -0.2) is 0 Å². The summed E-state index contributed by atoms with van der Waals surface area (Å²) in [7, 11) is -2.42. The molecule has 0 saturated heterocycles.